The van der Waals surface area contributed by atoms with Crippen LogP contribution in [0.5, 0.6) is 0 Å². The molecular formula is C11H17NO3. The second kappa shape index (κ2) is 4.21. The third-order valence-corrected chi connectivity index (χ3v) is 3.01. The Morgan fingerprint density at radius 1 is 1.13 bits per heavy atom. The minimum absolute atomic E-state index is 0.0341. The highest BCUT2D eigenvalue weighted by molar-refractivity contribution is 5.81. The molecule has 0 saturated heterocycles. The van der Waals surface area contributed by atoms with E-state index in [-0.39, 0.29) is 18.7 Å². The molecule has 0 spiro atoms. The summed E-state index contributed by atoms with van der Waals surface area (Å²) >= 11 is 0. The molecule has 0 atom stereocenters. The number of amides is 1. The van der Waals surface area contributed by atoms with Gasteiger partial charge in [0.2, 0.25) is 5.91 Å². The van der Waals surface area contributed by atoms with Crippen molar-refractivity contribution in [2.45, 2.75) is 44.6 Å². The van der Waals surface area contributed by atoms with Gasteiger partial charge in [0.15, 0.2) is 0 Å². The number of carboxylic acids is 1. The molecule has 0 aromatic carbocycles. The van der Waals surface area contributed by atoms with Crippen LogP contribution in [0.3, 0.4) is 0 Å². The van der Waals surface area contributed by atoms with Gasteiger partial charge in [-0.3, -0.25) is 9.59 Å². The molecule has 0 radical (unpaired) electrons. The van der Waals surface area contributed by atoms with E-state index >= 15 is 0 Å². The molecule has 2 saturated carbocycles. The van der Waals surface area contributed by atoms with E-state index in [0.717, 1.165) is 19.4 Å². The number of aliphatic carboxylic acids is 1. The number of hydrogen-bond donors (Lipinski definition) is 1. The quantitative estimate of drug-likeness (QED) is 0.719. The van der Waals surface area contributed by atoms with E-state index in [1.807, 2.05) is 4.90 Å². The Morgan fingerprint density at radius 2 is 1.80 bits per heavy atom. The van der Waals surface area contributed by atoms with Crippen LogP contribution in [0, 0.1) is 5.92 Å². The van der Waals surface area contributed by atoms with Crippen molar-refractivity contribution in [3.8, 4) is 0 Å². The van der Waals surface area contributed by atoms with Crippen molar-refractivity contribution in [2.75, 3.05) is 6.54 Å². The predicted octanol–water partition coefficient (Wildman–Crippen LogP) is 1.25. The Bertz CT molecular complexity index is 269. The maximum atomic E-state index is 11.8. The average molecular weight is 211 g/mol. The second-order valence-electron chi connectivity index (χ2n) is 4.61. The summed E-state index contributed by atoms with van der Waals surface area (Å²) in [4.78, 5) is 24.0. The molecule has 2 aliphatic carbocycles. The fraction of sp³-hybridized carbons (Fsp3) is 0.818. The summed E-state index contributed by atoms with van der Waals surface area (Å²) in [6, 6.07) is 0.423. The molecule has 15 heavy (non-hydrogen) atoms. The zero-order valence-corrected chi connectivity index (χ0v) is 8.82. The fourth-order valence-electron chi connectivity index (χ4n) is 1.78. The lowest BCUT2D eigenvalue weighted by atomic mass is 10.2. The number of carbonyl (C=O) groups is 2. The largest absolute Gasteiger partial charge is 0.481 e. The van der Waals surface area contributed by atoms with Gasteiger partial charge >= 0.3 is 5.97 Å². The molecule has 84 valence electrons. The molecule has 0 heterocycles. The van der Waals surface area contributed by atoms with Crippen LogP contribution in [0.25, 0.3) is 0 Å². The van der Waals surface area contributed by atoms with E-state index < -0.39 is 5.97 Å². The van der Waals surface area contributed by atoms with Gasteiger partial charge in [-0.05, 0) is 31.6 Å². The lowest BCUT2D eigenvalue weighted by Gasteiger charge is -2.21. The zero-order chi connectivity index (χ0) is 10.8. The van der Waals surface area contributed by atoms with E-state index in [4.69, 9.17) is 5.11 Å². The Morgan fingerprint density at radius 3 is 2.27 bits per heavy atom. The third-order valence-electron chi connectivity index (χ3n) is 3.01. The Balaban J connectivity index is 1.79. The first kappa shape index (κ1) is 10.5. The topological polar surface area (TPSA) is 57.6 Å². The number of nitrogens with zero attached hydrogens (tertiary/aromatic N) is 1. The lowest BCUT2D eigenvalue weighted by Crippen LogP contribution is -2.35. The molecule has 0 unspecified atom stereocenters. The van der Waals surface area contributed by atoms with Crippen molar-refractivity contribution in [3.05, 3.63) is 0 Å². The number of carboxylic acid groups (broad SMARTS) is 1. The van der Waals surface area contributed by atoms with E-state index in [0.29, 0.717) is 12.0 Å². The van der Waals surface area contributed by atoms with Crippen LogP contribution < -0.4 is 0 Å². The fourth-order valence-corrected chi connectivity index (χ4v) is 1.78. The second-order valence-corrected chi connectivity index (χ2v) is 4.61. The minimum Gasteiger partial charge on any atom is -0.481 e. The van der Waals surface area contributed by atoms with Crippen molar-refractivity contribution < 1.29 is 14.7 Å². The highest BCUT2D eigenvalue weighted by Crippen LogP contribution is 2.35. The van der Waals surface area contributed by atoms with Crippen molar-refractivity contribution in [1.29, 1.82) is 0 Å². The smallest absolute Gasteiger partial charge is 0.303 e. The zero-order valence-electron chi connectivity index (χ0n) is 8.82. The van der Waals surface area contributed by atoms with Gasteiger partial charge in [-0.1, -0.05) is 0 Å². The van der Waals surface area contributed by atoms with Crippen LogP contribution in [-0.2, 0) is 9.59 Å². The van der Waals surface area contributed by atoms with Gasteiger partial charge in [0.25, 0.3) is 0 Å². The maximum absolute atomic E-state index is 11.8. The van der Waals surface area contributed by atoms with Crippen molar-refractivity contribution in [1.82, 2.24) is 4.90 Å². The molecule has 2 rings (SSSR count). The first-order valence-corrected chi connectivity index (χ1v) is 5.68. The lowest BCUT2D eigenvalue weighted by molar-refractivity contribution is -0.141. The normalized spacial score (nSPS) is 20.0. The molecule has 0 aliphatic heterocycles. The molecule has 2 fully saturated rings. The number of carbonyl (C=O) groups excluding carboxylic acids is 1. The van der Waals surface area contributed by atoms with E-state index in [9.17, 15) is 9.59 Å². The molecule has 0 aromatic heterocycles. The van der Waals surface area contributed by atoms with Crippen LogP contribution in [0.15, 0.2) is 0 Å². The van der Waals surface area contributed by atoms with Gasteiger partial charge in [0.1, 0.15) is 0 Å². The molecule has 1 N–H and O–H groups in total. The Labute approximate surface area is 89.3 Å². The third kappa shape index (κ3) is 3.22. The molecule has 0 aromatic rings. The highest BCUT2D eigenvalue weighted by Gasteiger charge is 2.36. The van der Waals surface area contributed by atoms with Gasteiger partial charge < -0.3 is 10.0 Å². The molecular weight excluding hydrogens is 194 g/mol. The van der Waals surface area contributed by atoms with Crippen molar-refractivity contribution >= 4 is 11.9 Å². The number of hydrogen-bond acceptors (Lipinski definition) is 2. The van der Waals surface area contributed by atoms with E-state index in [2.05, 4.69) is 0 Å². The van der Waals surface area contributed by atoms with E-state index in [1.165, 1.54) is 12.8 Å². The van der Waals surface area contributed by atoms with Gasteiger partial charge in [-0.2, -0.15) is 0 Å². The van der Waals surface area contributed by atoms with Gasteiger partial charge in [0.05, 0.1) is 6.42 Å². The van der Waals surface area contributed by atoms with Crippen LogP contribution in [-0.4, -0.2) is 34.5 Å². The van der Waals surface area contributed by atoms with Crippen molar-refractivity contribution in [2.24, 2.45) is 5.92 Å². The van der Waals surface area contributed by atoms with Crippen LogP contribution in [0.2, 0.25) is 0 Å². The summed E-state index contributed by atoms with van der Waals surface area (Å²) in [7, 11) is 0. The summed E-state index contributed by atoms with van der Waals surface area (Å²) in [5.41, 5.74) is 0. The molecule has 0 bridgehead atoms. The summed E-state index contributed by atoms with van der Waals surface area (Å²) in [6.45, 7) is 0.864. The molecule has 4 heteroatoms. The summed E-state index contributed by atoms with van der Waals surface area (Å²) in [6.07, 6.45) is 4.80. The monoisotopic (exact) mass is 211 g/mol. The predicted molar refractivity (Wildman–Crippen MR) is 54.3 cm³/mol. The van der Waals surface area contributed by atoms with Crippen LogP contribution in [0.4, 0.5) is 0 Å². The minimum atomic E-state index is -0.884. The van der Waals surface area contributed by atoms with Gasteiger partial charge in [-0.25, -0.2) is 0 Å². The first-order valence-electron chi connectivity index (χ1n) is 5.68. The average Bonchev–Trinajstić information content (AvgIpc) is 3.00. The molecule has 1 amide bonds. The summed E-state index contributed by atoms with van der Waals surface area (Å²) in [5, 5.41) is 8.52. The van der Waals surface area contributed by atoms with Crippen LogP contribution >= 0.6 is 0 Å². The molecule has 2 aliphatic rings. The Hall–Kier alpha value is -1.06. The highest BCUT2D eigenvalue weighted by atomic mass is 16.4. The SMILES string of the molecule is O=C(O)CCC(=O)N(CC1CC1)C1CC1. The first-order chi connectivity index (χ1) is 7.16. The van der Waals surface area contributed by atoms with Gasteiger partial charge in [-0.15, -0.1) is 0 Å². The Kier molecular flexibility index (Phi) is 2.93. The van der Waals surface area contributed by atoms with Gasteiger partial charge in [0, 0.05) is 19.0 Å². The summed E-state index contributed by atoms with van der Waals surface area (Å²) < 4.78 is 0. The van der Waals surface area contributed by atoms with Crippen molar-refractivity contribution in [3.63, 3.8) is 0 Å². The van der Waals surface area contributed by atoms with E-state index in [1.54, 1.807) is 0 Å². The summed E-state index contributed by atoms with van der Waals surface area (Å²) in [5.74, 6) is -0.156. The number of rotatable bonds is 6. The maximum Gasteiger partial charge on any atom is 0.303 e. The van der Waals surface area contributed by atoms with Crippen LogP contribution in [0.1, 0.15) is 38.5 Å². The standard InChI is InChI=1S/C11H17NO3/c13-10(5-6-11(14)15)12(9-3-4-9)7-8-1-2-8/h8-9H,1-7H2,(H,14,15). The molecule has 4 nitrogen and oxygen atoms in total.